The van der Waals surface area contributed by atoms with Crippen LogP contribution in [0.3, 0.4) is 0 Å². The van der Waals surface area contributed by atoms with E-state index in [4.69, 9.17) is 9.47 Å². The van der Waals surface area contributed by atoms with Crippen molar-refractivity contribution in [2.24, 2.45) is 0 Å². The second-order valence-corrected chi connectivity index (χ2v) is 5.75. The molecule has 0 aromatic rings. The molecule has 0 rings (SSSR count). The number of ether oxygens (including phenoxy) is 2. The van der Waals surface area contributed by atoms with E-state index in [-0.39, 0.29) is 24.1 Å². The minimum Gasteiger partial charge on any atom is -0.463 e. The average molecular weight is 300 g/mol. The van der Waals surface area contributed by atoms with E-state index in [1.54, 1.807) is 0 Å². The third-order valence-corrected chi connectivity index (χ3v) is 3.30. The first-order valence-corrected chi connectivity index (χ1v) is 8.38. The van der Waals surface area contributed by atoms with Crippen LogP contribution in [-0.2, 0) is 19.1 Å². The molecule has 0 aliphatic heterocycles. The van der Waals surface area contributed by atoms with Gasteiger partial charge in [0.05, 0.1) is 0 Å². The van der Waals surface area contributed by atoms with E-state index in [9.17, 15) is 9.59 Å². The zero-order chi connectivity index (χ0) is 16.1. The highest BCUT2D eigenvalue weighted by Gasteiger charge is 2.16. The molecule has 124 valence electrons. The van der Waals surface area contributed by atoms with Gasteiger partial charge in [-0.2, -0.15) is 0 Å². The molecule has 0 saturated heterocycles. The van der Waals surface area contributed by atoms with Gasteiger partial charge in [-0.1, -0.05) is 39.5 Å². The van der Waals surface area contributed by atoms with Crippen molar-refractivity contribution >= 4 is 11.9 Å². The Morgan fingerprint density at radius 3 is 1.48 bits per heavy atom. The molecule has 4 nitrogen and oxygen atoms in total. The maximum atomic E-state index is 11.6. The Kier molecular flexibility index (Phi) is 12.0. The van der Waals surface area contributed by atoms with Gasteiger partial charge in [-0.15, -0.1) is 0 Å². The highest BCUT2D eigenvalue weighted by Crippen LogP contribution is 2.10. The van der Waals surface area contributed by atoms with Crippen molar-refractivity contribution in [3.8, 4) is 0 Å². The minimum absolute atomic E-state index is 0.155. The van der Waals surface area contributed by atoms with Crippen molar-refractivity contribution in [1.82, 2.24) is 0 Å². The van der Waals surface area contributed by atoms with Crippen LogP contribution in [0.5, 0.6) is 0 Å². The average Bonchev–Trinajstić information content (AvgIpc) is 2.38. The van der Waals surface area contributed by atoms with Crippen molar-refractivity contribution in [2.75, 3.05) is 0 Å². The smallest absolute Gasteiger partial charge is 0.306 e. The van der Waals surface area contributed by atoms with E-state index in [1.165, 1.54) is 0 Å². The quantitative estimate of drug-likeness (QED) is 0.396. The van der Waals surface area contributed by atoms with E-state index in [2.05, 4.69) is 13.8 Å². The van der Waals surface area contributed by atoms with Gasteiger partial charge in [0.2, 0.25) is 0 Å². The van der Waals surface area contributed by atoms with E-state index in [0.717, 1.165) is 38.5 Å². The number of hydrogen-bond donors (Lipinski definition) is 0. The summed E-state index contributed by atoms with van der Waals surface area (Å²) in [5.74, 6) is -0.310. The number of carbonyl (C=O) groups excluding carboxylic acids is 2. The maximum Gasteiger partial charge on any atom is 0.306 e. The summed E-state index contributed by atoms with van der Waals surface area (Å²) < 4.78 is 10.6. The van der Waals surface area contributed by atoms with Crippen molar-refractivity contribution < 1.29 is 19.1 Å². The Hall–Kier alpha value is -1.06. The third kappa shape index (κ3) is 12.4. The van der Waals surface area contributed by atoms with Gasteiger partial charge in [0.1, 0.15) is 12.2 Å². The molecule has 0 aliphatic rings. The molecule has 0 N–H and O–H groups in total. The molecule has 0 aromatic carbocycles. The van der Waals surface area contributed by atoms with Crippen molar-refractivity contribution in [3.05, 3.63) is 0 Å². The number of rotatable bonds is 12. The second-order valence-electron chi connectivity index (χ2n) is 5.75. The predicted octanol–water partition coefficient (Wildman–Crippen LogP) is 4.40. The van der Waals surface area contributed by atoms with Gasteiger partial charge in [-0.3, -0.25) is 9.59 Å². The van der Waals surface area contributed by atoms with Gasteiger partial charge in [-0.05, 0) is 26.7 Å². The number of unbranched alkanes of at least 4 members (excludes halogenated alkanes) is 4. The van der Waals surface area contributed by atoms with Crippen molar-refractivity contribution in [1.29, 1.82) is 0 Å². The second kappa shape index (κ2) is 12.7. The van der Waals surface area contributed by atoms with Gasteiger partial charge in [0, 0.05) is 19.3 Å². The van der Waals surface area contributed by atoms with Gasteiger partial charge >= 0.3 is 11.9 Å². The lowest BCUT2D eigenvalue weighted by molar-refractivity contribution is -0.154. The number of esters is 2. The fourth-order valence-electron chi connectivity index (χ4n) is 2.17. The molecule has 0 radical (unpaired) electrons. The van der Waals surface area contributed by atoms with Crippen molar-refractivity contribution in [2.45, 2.75) is 97.7 Å². The molecule has 0 spiro atoms. The van der Waals surface area contributed by atoms with Gasteiger partial charge in [0.15, 0.2) is 0 Å². The molecule has 0 amide bonds. The van der Waals surface area contributed by atoms with E-state index < -0.39 is 0 Å². The van der Waals surface area contributed by atoms with Crippen LogP contribution in [0.4, 0.5) is 0 Å². The van der Waals surface area contributed by atoms with Crippen LogP contribution in [0.1, 0.15) is 85.5 Å². The van der Waals surface area contributed by atoms with Gasteiger partial charge < -0.3 is 9.47 Å². The molecule has 0 heterocycles. The van der Waals surface area contributed by atoms with Gasteiger partial charge in [-0.25, -0.2) is 0 Å². The molecule has 0 aliphatic carbocycles. The molecular weight excluding hydrogens is 268 g/mol. The molecule has 0 bridgehead atoms. The molecular formula is C17H32O4. The normalized spacial score (nSPS) is 13.5. The van der Waals surface area contributed by atoms with Crippen LogP contribution in [0.2, 0.25) is 0 Å². The molecule has 21 heavy (non-hydrogen) atoms. The van der Waals surface area contributed by atoms with Crippen LogP contribution >= 0.6 is 0 Å². The first-order chi connectivity index (χ1) is 9.99. The highest BCUT2D eigenvalue weighted by atomic mass is 16.6. The topological polar surface area (TPSA) is 52.6 Å². The predicted molar refractivity (Wildman–Crippen MR) is 84.0 cm³/mol. The van der Waals surface area contributed by atoms with Crippen LogP contribution < -0.4 is 0 Å². The summed E-state index contributed by atoms with van der Waals surface area (Å²) in [5.41, 5.74) is 0. The number of hydrogen-bond acceptors (Lipinski definition) is 4. The maximum absolute atomic E-state index is 11.6. The van der Waals surface area contributed by atoms with Crippen LogP contribution in [0.25, 0.3) is 0 Å². The fraction of sp³-hybridized carbons (Fsp3) is 0.882. The first-order valence-electron chi connectivity index (χ1n) is 8.38. The van der Waals surface area contributed by atoms with Gasteiger partial charge in [0.25, 0.3) is 0 Å². The fourth-order valence-corrected chi connectivity index (χ4v) is 2.17. The Bertz CT molecular complexity index is 261. The lowest BCUT2D eigenvalue weighted by atomic mass is 10.2. The largest absolute Gasteiger partial charge is 0.463 e. The lowest BCUT2D eigenvalue weighted by Crippen LogP contribution is -2.23. The molecule has 0 fully saturated rings. The zero-order valence-corrected chi connectivity index (χ0v) is 14.2. The molecule has 2 atom stereocenters. The van der Waals surface area contributed by atoms with Crippen molar-refractivity contribution in [3.63, 3.8) is 0 Å². The van der Waals surface area contributed by atoms with E-state index in [1.807, 2.05) is 13.8 Å². The van der Waals surface area contributed by atoms with Crippen LogP contribution in [0, 0.1) is 0 Å². The summed E-state index contributed by atoms with van der Waals surface area (Å²) in [5, 5.41) is 0. The summed E-state index contributed by atoms with van der Waals surface area (Å²) in [6, 6.07) is 0. The Labute approximate surface area is 129 Å². The number of carbonyl (C=O) groups is 2. The molecule has 0 saturated carbocycles. The zero-order valence-electron chi connectivity index (χ0n) is 14.2. The summed E-state index contributed by atoms with van der Waals surface area (Å²) in [4.78, 5) is 23.2. The molecule has 0 aromatic heterocycles. The Morgan fingerprint density at radius 2 is 1.14 bits per heavy atom. The molecule has 4 heteroatoms. The summed E-state index contributed by atoms with van der Waals surface area (Å²) in [7, 11) is 0. The summed E-state index contributed by atoms with van der Waals surface area (Å²) >= 11 is 0. The van der Waals surface area contributed by atoms with Crippen LogP contribution in [0.15, 0.2) is 0 Å². The minimum atomic E-state index is -0.211. The SMILES string of the molecule is CCCCCC(=O)O[C@@H](C)C[C@H](C)OC(=O)CCCCC. The Balaban J connectivity index is 3.79. The third-order valence-electron chi connectivity index (χ3n) is 3.30. The van der Waals surface area contributed by atoms with E-state index in [0.29, 0.717) is 19.3 Å². The van der Waals surface area contributed by atoms with E-state index >= 15 is 0 Å². The first kappa shape index (κ1) is 19.9. The highest BCUT2D eigenvalue weighted by molar-refractivity contribution is 5.70. The summed E-state index contributed by atoms with van der Waals surface area (Å²) in [6.45, 7) is 7.90. The summed E-state index contributed by atoms with van der Waals surface area (Å²) in [6.07, 6.45) is 7.13. The standard InChI is InChI=1S/C17H32O4/c1-5-7-9-11-16(18)20-14(3)13-15(4)21-17(19)12-10-8-6-2/h14-15H,5-13H2,1-4H3/t14-,15-/m0/s1. The monoisotopic (exact) mass is 300 g/mol. The lowest BCUT2D eigenvalue weighted by Gasteiger charge is -2.18. The molecule has 0 unspecified atom stereocenters. The van der Waals surface area contributed by atoms with Crippen LogP contribution in [-0.4, -0.2) is 24.1 Å². The Morgan fingerprint density at radius 1 is 0.762 bits per heavy atom.